The van der Waals surface area contributed by atoms with E-state index in [2.05, 4.69) is 0 Å². The Bertz CT molecular complexity index is 809. The number of aromatic carboxylic acids is 1. The largest absolute Gasteiger partial charge is 0.478 e. The second-order valence-electron chi connectivity index (χ2n) is 4.89. The van der Waals surface area contributed by atoms with Crippen LogP contribution < -0.4 is 4.31 Å². The molecule has 1 N–H and O–H groups in total. The van der Waals surface area contributed by atoms with Gasteiger partial charge in [0.15, 0.2) is 0 Å². The van der Waals surface area contributed by atoms with Crippen LogP contribution in [0.25, 0.3) is 0 Å². The van der Waals surface area contributed by atoms with E-state index in [4.69, 9.17) is 0 Å². The third kappa shape index (κ3) is 2.86. The minimum atomic E-state index is -3.77. The van der Waals surface area contributed by atoms with Crippen LogP contribution in [-0.4, -0.2) is 26.0 Å². The Labute approximate surface area is 133 Å². The Kier molecular flexibility index (Phi) is 4.58. The highest BCUT2D eigenvalue weighted by Crippen LogP contribution is 2.31. The summed E-state index contributed by atoms with van der Waals surface area (Å²) >= 11 is 1.14. The third-order valence-corrected chi connectivity index (χ3v) is 6.83. The zero-order chi connectivity index (χ0) is 16.5. The number of sulfonamides is 1. The number of carboxylic acid groups (broad SMARTS) is 1. The van der Waals surface area contributed by atoms with E-state index in [0.717, 1.165) is 21.2 Å². The van der Waals surface area contributed by atoms with E-state index in [9.17, 15) is 18.3 Å². The maximum atomic E-state index is 12.8. The van der Waals surface area contributed by atoms with Gasteiger partial charge in [0, 0.05) is 6.54 Å². The van der Waals surface area contributed by atoms with E-state index in [1.165, 1.54) is 6.07 Å². The van der Waals surface area contributed by atoms with E-state index in [-0.39, 0.29) is 22.0 Å². The summed E-state index contributed by atoms with van der Waals surface area (Å²) in [6, 6.07) is 6.47. The van der Waals surface area contributed by atoms with Crippen LogP contribution in [0.5, 0.6) is 0 Å². The number of benzene rings is 1. The Hall–Kier alpha value is -1.86. The number of carbonyl (C=O) groups is 1. The van der Waals surface area contributed by atoms with Gasteiger partial charge < -0.3 is 5.11 Å². The highest BCUT2D eigenvalue weighted by Gasteiger charge is 2.29. The van der Waals surface area contributed by atoms with E-state index in [0.29, 0.717) is 5.56 Å². The molecule has 118 valence electrons. The van der Waals surface area contributed by atoms with Crippen molar-refractivity contribution < 1.29 is 18.3 Å². The van der Waals surface area contributed by atoms with Gasteiger partial charge in [0.25, 0.3) is 10.0 Å². The van der Waals surface area contributed by atoms with Crippen molar-refractivity contribution in [3.63, 3.8) is 0 Å². The molecule has 5 nitrogen and oxygen atoms in total. The summed E-state index contributed by atoms with van der Waals surface area (Å²) in [5.41, 5.74) is 1.60. The third-order valence-electron chi connectivity index (χ3n) is 3.28. The molecule has 0 aliphatic rings. The molecule has 2 aromatic rings. The number of hydrogen-bond donors (Lipinski definition) is 1. The summed E-state index contributed by atoms with van der Waals surface area (Å²) in [5.74, 6) is -1.14. The first-order valence-electron chi connectivity index (χ1n) is 6.69. The topological polar surface area (TPSA) is 74.7 Å². The van der Waals surface area contributed by atoms with E-state index < -0.39 is 16.0 Å². The normalized spacial score (nSPS) is 11.4. The average molecular weight is 339 g/mol. The molecule has 0 aliphatic carbocycles. The van der Waals surface area contributed by atoms with Gasteiger partial charge in [-0.1, -0.05) is 11.6 Å². The molecule has 0 radical (unpaired) electrons. The monoisotopic (exact) mass is 339 g/mol. The van der Waals surface area contributed by atoms with Gasteiger partial charge >= 0.3 is 5.97 Å². The molecular weight excluding hydrogens is 322 g/mol. The zero-order valence-electron chi connectivity index (χ0n) is 12.5. The fourth-order valence-electron chi connectivity index (χ4n) is 2.23. The molecular formula is C15H17NO4S2. The molecule has 0 unspecified atom stereocenters. The van der Waals surface area contributed by atoms with Crippen molar-refractivity contribution in [3.05, 3.63) is 46.3 Å². The van der Waals surface area contributed by atoms with Crippen LogP contribution in [0.4, 0.5) is 5.69 Å². The van der Waals surface area contributed by atoms with Gasteiger partial charge in [-0.15, -0.1) is 11.3 Å². The highest BCUT2D eigenvalue weighted by atomic mass is 32.2. The second-order valence-corrected chi connectivity index (χ2v) is 7.86. The summed E-state index contributed by atoms with van der Waals surface area (Å²) in [5, 5.41) is 11.1. The smallest absolute Gasteiger partial charge is 0.337 e. The molecule has 0 spiro atoms. The van der Waals surface area contributed by atoms with Crippen molar-refractivity contribution >= 4 is 33.0 Å². The summed E-state index contributed by atoms with van der Waals surface area (Å²) < 4.78 is 27.1. The molecule has 22 heavy (non-hydrogen) atoms. The predicted molar refractivity (Wildman–Crippen MR) is 87.4 cm³/mol. The molecule has 7 heteroatoms. The van der Waals surface area contributed by atoms with Gasteiger partial charge in [0.05, 0.1) is 11.3 Å². The lowest BCUT2D eigenvalue weighted by Crippen LogP contribution is -2.32. The van der Waals surface area contributed by atoms with Crippen LogP contribution in [0.2, 0.25) is 0 Å². The lowest BCUT2D eigenvalue weighted by molar-refractivity contribution is 0.0697. The van der Waals surface area contributed by atoms with E-state index in [1.54, 1.807) is 44.4 Å². The number of thiophene rings is 1. The van der Waals surface area contributed by atoms with E-state index >= 15 is 0 Å². The molecule has 2 rings (SSSR count). The molecule has 1 aromatic carbocycles. The SMILES string of the molecule is CCN(c1ccc(C)cc1C(=O)O)S(=O)(=O)c1sccc1C. The minimum Gasteiger partial charge on any atom is -0.478 e. The standard InChI is InChI=1S/C15H17NO4S2/c1-4-16(22(19,20)15-11(3)7-8-21-15)13-6-5-10(2)9-12(13)14(17)18/h5-9H,4H2,1-3H3,(H,17,18). The van der Waals surface area contributed by atoms with Crippen LogP contribution in [0, 0.1) is 13.8 Å². The maximum Gasteiger partial charge on any atom is 0.337 e. The Balaban J connectivity index is 2.64. The maximum absolute atomic E-state index is 12.8. The fraction of sp³-hybridized carbons (Fsp3) is 0.267. The minimum absolute atomic E-state index is 0.0142. The number of anilines is 1. The van der Waals surface area contributed by atoms with Crippen molar-refractivity contribution in [1.82, 2.24) is 0 Å². The lowest BCUT2D eigenvalue weighted by Gasteiger charge is -2.24. The first-order chi connectivity index (χ1) is 10.3. The summed E-state index contributed by atoms with van der Waals surface area (Å²) in [6.07, 6.45) is 0. The van der Waals surface area contributed by atoms with Crippen LogP contribution in [0.15, 0.2) is 33.9 Å². The van der Waals surface area contributed by atoms with Crippen LogP contribution in [-0.2, 0) is 10.0 Å². The number of aryl methyl sites for hydroxylation is 2. The molecule has 0 fully saturated rings. The van der Waals surface area contributed by atoms with Gasteiger partial charge in [-0.3, -0.25) is 4.31 Å². The highest BCUT2D eigenvalue weighted by molar-refractivity contribution is 7.94. The first kappa shape index (κ1) is 16.5. The summed E-state index contributed by atoms with van der Waals surface area (Å²) in [7, 11) is -3.77. The molecule has 0 saturated carbocycles. The number of hydrogen-bond acceptors (Lipinski definition) is 4. The number of carboxylic acids is 1. The lowest BCUT2D eigenvalue weighted by atomic mass is 10.1. The molecule has 0 saturated heterocycles. The average Bonchev–Trinajstić information content (AvgIpc) is 2.87. The van der Waals surface area contributed by atoms with Crippen LogP contribution in [0.3, 0.4) is 0 Å². The Morgan fingerprint density at radius 1 is 1.27 bits per heavy atom. The van der Waals surface area contributed by atoms with Crippen molar-refractivity contribution in [1.29, 1.82) is 0 Å². The zero-order valence-corrected chi connectivity index (χ0v) is 14.2. The number of nitrogens with zero attached hydrogens (tertiary/aromatic N) is 1. The van der Waals surface area contributed by atoms with Gasteiger partial charge in [0.1, 0.15) is 4.21 Å². The van der Waals surface area contributed by atoms with Gasteiger partial charge in [0.2, 0.25) is 0 Å². The Morgan fingerprint density at radius 2 is 1.95 bits per heavy atom. The van der Waals surface area contributed by atoms with Gasteiger partial charge in [-0.05, 0) is 49.9 Å². The molecule has 0 atom stereocenters. The first-order valence-corrected chi connectivity index (χ1v) is 9.01. The summed E-state index contributed by atoms with van der Waals surface area (Å²) in [6.45, 7) is 5.34. The number of rotatable bonds is 5. The van der Waals surface area contributed by atoms with Crippen LogP contribution >= 0.6 is 11.3 Å². The molecule has 0 amide bonds. The quantitative estimate of drug-likeness (QED) is 0.907. The van der Waals surface area contributed by atoms with Gasteiger partial charge in [-0.25, -0.2) is 13.2 Å². The molecule has 0 aliphatic heterocycles. The molecule has 1 aromatic heterocycles. The van der Waals surface area contributed by atoms with Crippen molar-refractivity contribution in [3.8, 4) is 0 Å². The predicted octanol–water partition coefficient (Wildman–Crippen LogP) is 3.28. The van der Waals surface area contributed by atoms with Crippen molar-refractivity contribution in [2.75, 3.05) is 10.8 Å². The fourth-order valence-corrected chi connectivity index (χ4v) is 5.24. The Morgan fingerprint density at radius 3 is 2.45 bits per heavy atom. The molecule has 0 bridgehead atoms. The van der Waals surface area contributed by atoms with Crippen molar-refractivity contribution in [2.24, 2.45) is 0 Å². The second kappa shape index (κ2) is 6.10. The molecule has 1 heterocycles. The van der Waals surface area contributed by atoms with Crippen LogP contribution in [0.1, 0.15) is 28.4 Å². The van der Waals surface area contributed by atoms with Crippen molar-refractivity contribution in [2.45, 2.75) is 25.0 Å². The van der Waals surface area contributed by atoms with Gasteiger partial charge in [-0.2, -0.15) is 0 Å². The summed E-state index contributed by atoms with van der Waals surface area (Å²) in [4.78, 5) is 11.5. The van der Waals surface area contributed by atoms with E-state index in [1.807, 2.05) is 0 Å².